The molecule has 0 aliphatic heterocycles. The summed E-state index contributed by atoms with van der Waals surface area (Å²) in [6.07, 6.45) is 0. The summed E-state index contributed by atoms with van der Waals surface area (Å²) in [4.78, 5) is 4.35. The van der Waals surface area contributed by atoms with E-state index in [1.54, 1.807) is 25.3 Å². The summed E-state index contributed by atoms with van der Waals surface area (Å²) in [7, 11) is 1.56. The lowest BCUT2D eigenvalue weighted by atomic mass is 10.1. The maximum atomic E-state index is 8.80. The Hall–Kier alpha value is -3.40. The van der Waals surface area contributed by atoms with E-state index in [-0.39, 0.29) is 11.5 Å². The molecular weight excluding hydrogens is 280 g/mol. The van der Waals surface area contributed by atoms with Gasteiger partial charge in [0.15, 0.2) is 5.84 Å². The number of rotatable bonds is 5. The van der Waals surface area contributed by atoms with Crippen LogP contribution in [0.15, 0.2) is 47.6 Å². The molecule has 0 spiro atoms. The van der Waals surface area contributed by atoms with E-state index in [0.29, 0.717) is 11.6 Å². The van der Waals surface area contributed by atoms with Crippen LogP contribution in [0.5, 0.6) is 5.88 Å². The standard InChI is InChI=1S/C15H14N6O/c1-22-14-7-3-6-12(19-14)10-4-2-5-11(8-10)20-21-13(9-16)15(17)18/h2-8,20H,1H3,(H3,17,18)/b21-13+. The van der Waals surface area contributed by atoms with Gasteiger partial charge in [-0.15, -0.1) is 0 Å². The Morgan fingerprint density at radius 2 is 2.14 bits per heavy atom. The van der Waals surface area contributed by atoms with Gasteiger partial charge in [0.2, 0.25) is 11.6 Å². The highest BCUT2D eigenvalue weighted by Gasteiger charge is 2.04. The van der Waals surface area contributed by atoms with Crippen molar-refractivity contribution in [2.45, 2.75) is 0 Å². The number of methoxy groups -OCH3 is 1. The molecule has 7 heteroatoms. The molecule has 110 valence electrons. The van der Waals surface area contributed by atoms with Gasteiger partial charge in [0, 0.05) is 11.6 Å². The number of benzene rings is 1. The van der Waals surface area contributed by atoms with Crippen molar-refractivity contribution in [3.63, 3.8) is 0 Å². The average Bonchev–Trinajstić information content (AvgIpc) is 2.55. The summed E-state index contributed by atoms with van der Waals surface area (Å²) >= 11 is 0. The van der Waals surface area contributed by atoms with Crippen molar-refractivity contribution in [3.05, 3.63) is 42.5 Å². The summed E-state index contributed by atoms with van der Waals surface area (Å²) < 4.78 is 5.10. The number of nitrogens with zero attached hydrogens (tertiary/aromatic N) is 3. The first-order chi connectivity index (χ1) is 10.6. The summed E-state index contributed by atoms with van der Waals surface area (Å²) in [5.74, 6) is 0.137. The first-order valence-corrected chi connectivity index (χ1v) is 6.33. The average molecular weight is 294 g/mol. The number of nitriles is 1. The number of pyridine rings is 1. The van der Waals surface area contributed by atoms with Crippen molar-refractivity contribution in [2.24, 2.45) is 10.8 Å². The number of nitrogens with two attached hydrogens (primary N) is 1. The Morgan fingerprint density at radius 3 is 2.82 bits per heavy atom. The summed E-state index contributed by atoms with van der Waals surface area (Å²) in [5, 5.41) is 19.8. The smallest absolute Gasteiger partial charge is 0.213 e. The van der Waals surface area contributed by atoms with E-state index in [2.05, 4.69) is 15.5 Å². The van der Waals surface area contributed by atoms with Gasteiger partial charge in [0.1, 0.15) is 6.07 Å². The van der Waals surface area contributed by atoms with E-state index < -0.39 is 0 Å². The van der Waals surface area contributed by atoms with Gasteiger partial charge in [-0.2, -0.15) is 10.4 Å². The number of aromatic nitrogens is 1. The van der Waals surface area contributed by atoms with Gasteiger partial charge in [-0.1, -0.05) is 18.2 Å². The van der Waals surface area contributed by atoms with Crippen LogP contribution in [-0.2, 0) is 0 Å². The second-order valence-corrected chi connectivity index (χ2v) is 4.24. The molecule has 0 aliphatic carbocycles. The van der Waals surface area contributed by atoms with Crippen LogP contribution < -0.4 is 15.9 Å². The van der Waals surface area contributed by atoms with Gasteiger partial charge in [0.25, 0.3) is 0 Å². The normalized spacial score (nSPS) is 10.6. The molecule has 0 radical (unpaired) electrons. The molecule has 0 aliphatic rings. The third kappa shape index (κ3) is 3.58. The van der Waals surface area contributed by atoms with Crippen molar-refractivity contribution < 1.29 is 4.74 Å². The number of hydrogen-bond donors (Lipinski definition) is 3. The largest absolute Gasteiger partial charge is 0.481 e. The molecule has 0 bridgehead atoms. The molecular formula is C15H14N6O. The number of hydrazone groups is 1. The third-order valence-corrected chi connectivity index (χ3v) is 2.75. The Morgan fingerprint density at radius 1 is 1.36 bits per heavy atom. The van der Waals surface area contributed by atoms with Crippen LogP contribution in [0.4, 0.5) is 5.69 Å². The van der Waals surface area contributed by atoms with Gasteiger partial charge >= 0.3 is 0 Å². The fourth-order valence-electron chi connectivity index (χ4n) is 1.70. The lowest BCUT2D eigenvalue weighted by Crippen LogP contribution is -2.21. The minimum Gasteiger partial charge on any atom is -0.481 e. The summed E-state index contributed by atoms with van der Waals surface area (Å²) in [6.45, 7) is 0. The number of amidine groups is 1. The van der Waals surface area contributed by atoms with Gasteiger partial charge < -0.3 is 10.5 Å². The quantitative estimate of drug-likeness (QED) is 0.442. The van der Waals surface area contributed by atoms with Crippen LogP contribution >= 0.6 is 0 Å². The Labute approximate surface area is 127 Å². The molecule has 2 aromatic rings. The molecule has 0 saturated heterocycles. The maximum absolute atomic E-state index is 8.80. The highest BCUT2D eigenvalue weighted by molar-refractivity contribution is 6.45. The lowest BCUT2D eigenvalue weighted by molar-refractivity contribution is 0.398. The Balaban J connectivity index is 2.27. The van der Waals surface area contributed by atoms with Gasteiger partial charge in [-0.05, 0) is 18.2 Å². The van der Waals surface area contributed by atoms with E-state index in [1.165, 1.54) is 0 Å². The van der Waals surface area contributed by atoms with Crippen LogP contribution in [0.1, 0.15) is 0 Å². The molecule has 4 N–H and O–H groups in total. The predicted octanol–water partition coefficient (Wildman–Crippen LogP) is 1.98. The van der Waals surface area contributed by atoms with Gasteiger partial charge in [-0.3, -0.25) is 10.8 Å². The molecule has 1 heterocycles. The number of nitrogens with one attached hydrogen (secondary N) is 2. The fraction of sp³-hybridized carbons (Fsp3) is 0.0667. The first kappa shape index (κ1) is 15.0. The molecule has 0 atom stereocenters. The van der Waals surface area contributed by atoms with Gasteiger partial charge in [0.05, 0.1) is 18.5 Å². The number of ether oxygens (including phenoxy) is 1. The monoisotopic (exact) mass is 294 g/mol. The van der Waals surface area contributed by atoms with Crippen molar-refractivity contribution >= 4 is 17.2 Å². The van der Waals surface area contributed by atoms with Crippen molar-refractivity contribution in [2.75, 3.05) is 12.5 Å². The van der Waals surface area contributed by atoms with Crippen LogP contribution in [0.3, 0.4) is 0 Å². The minimum atomic E-state index is -0.388. The molecule has 0 unspecified atom stereocenters. The second-order valence-electron chi connectivity index (χ2n) is 4.24. The van der Waals surface area contributed by atoms with Crippen LogP contribution in [0.2, 0.25) is 0 Å². The lowest BCUT2D eigenvalue weighted by Gasteiger charge is -2.06. The van der Waals surface area contributed by atoms with E-state index in [4.69, 9.17) is 21.1 Å². The van der Waals surface area contributed by atoms with Crippen LogP contribution in [0.25, 0.3) is 11.3 Å². The van der Waals surface area contributed by atoms with Crippen LogP contribution in [0, 0.1) is 16.7 Å². The fourth-order valence-corrected chi connectivity index (χ4v) is 1.70. The molecule has 0 fully saturated rings. The van der Waals surface area contributed by atoms with E-state index in [9.17, 15) is 0 Å². The zero-order valence-electron chi connectivity index (χ0n) is 11.9. The SMILES string of the molecule is COc1cccc(-c2cccc(N/N=C(\C#N)C(=N)N)c2)n1. The van der Waals surface area contributed by atoms with E-state index in [0.717, 1.165) is 11.3 Å². The van der Waals surface area contributed by atoms with Crippen molar-refractivity contribution in [1.82, 2.24) is 4.98 Å². The first-order valence-electron chi connectivity index (χ1n) is 6.33. The van der Waals surface area contributed by atoms with Crippen LogP contribution in [-0.4, -0.2) is 23.6 Å². The Bertz CT molecular complexity index is 763. The maximum Gasteiger partial charge on any atom is 0.213 e. The zero-order chi connectivity index (χ0) is 15.9. The molecule has 2 rings (SSSR count). The predicted molar refractivity (Wildman–Crippen MR) is 84.8 cm³/mol. The number of anilines is 1. The highest BCUT2D eigenvalue weighted by atomic mass is 16.5. The van der Waals surface area contributed by atoms with E-state index in [1.807, 2.05) is 30.3 Å². The second kappa shape index (κ2) is 6.85. The highest BCUT2D eigenvalue weighted by Crippen LogP contribution is 2.22. The molecule has 0 amide bonds. The third-order valence-electron chi connectivity index (χ3n) is 2.75. The number of hydrogen-bond acceptors (Lipinski definition) is 6. The Kier molecular flexibility index (Phi) is 4.67. The topological polar surface area (TPSA) is 120 Å². The zero-order valence-corrected chi connectivity index (χ0v) is 11.9. The van der Waals surface area contributed by atoms with Gasteiger partial charge in [-0.25, -0.2) is 4.98 Å². The molecule has 22 heavy (non-hydrogen) atoms. The van der Waals surface area contributed by atoms with E-state index >= 15 is 0 Å². The molecule has 1 aromatic heterocycles. The van der Waals surface area contributed by atoms with Crippen molar-refractivity contribution in [3.8, 4) is 23.2 Å². The van der Waals surface area contributed by atoms with Crippen molar-refractivity contribution in [1.29, 1.82) is 10.7 Å². The molecule has 1 aromatic carbocycles. The minimum absolute atomic E-state index is 0.176. The summed E-state index contributed by atoms with van der Waals surface area (Å²) in [5.41, 5.74) is 10.0. The molecule has 0 saturated carbocycles. The molecule has 7 nitrogen and oxygen atoms in total. The summed E-state index contributed by atoms with van der Waals surface area (Å²) in [6, 6.07) is 14.5.